The first-order valence-electron chi connectivity index (χ1n) is 23.5. The van der Waals surface area contributed by atoms with Gasteiger partial charge in [0.15, 0.2) is 17.9 Å². The summed E-state index contributed by atoms with van der Waals surface area (Å²) >= 11 is 0. The van der Waals surface area contributed by atoms with Crippen molar-refractivity contribution in [3.05, 3.63) is 35.9 Å². The van der Waals surface area contributed by atoms with E-state index in [2.05, 4.69) is 46.9 Å². The van der Waals surface area contributed by atoms with Gasteiger partial charge in [0, 0.05) is 32.6 Å². The fourth-order valence-electron chi connectivity index (χ4n) is 7.32. The second kappa shape index (κ2) is 31.0. The number of nitrogens with one attached hydrogen (secondary N) is 6. The molecule has 396 valence electrons. The maximum atomic E-state index is 14.3. The number of nitrogens with two attached hydrogens (primary N) is 7. The van der Waals surface area contributed by atoms with Crippen molar-refractivity contribution in [2.75, 3.05) is 32.8 Å². The monoisotopic (exact) mass is 1000 g/mol. The minimum atomic E-state index is -1.68. The van der Waals surface area contributed by atoms with Crippen molar-refractivity contribution >= 4 is 65.2 Å². The van der Waals surface area contributed by atoms with Crippen molar-refractivity contribution in [3.63, 3.8) is 0 Å². The van der Waals surface area contributed by atoms with Crippen LogP contribution in [-0.4, -0.2) is 161 Å². The van der Waals surface area contributed by atoms with Crippen LogP contribution in [0.3, 0.4) is 0 Å². The maximum Gasteiger partial charge on any atom is 0.326 e. The third-order valence-electron chi connectivity index (χ3n) is 11.6. The molecule has 0 aliphatic carbocycles. The first-order valence-corrected chi connectivity index (χ1v) is 23.5. The number of carboxylic acid groups (broad SMARTS) is 1. The van der Waals surface area contributed by atoms with Gasteiger partial charge < -0.3 is 87.1 Å². The molecular formula is C44H75N17O10. The predicted molar refractivity (Wildman–Crippen MR) is 264 cm³/mol. The lowest BCUT2D eigenvalue weighted by Gasteiger charge is -2.28. The molecule has 1 aliphatic heterocycles. The van der Waals surface area contributed by atoms with Crippen LogP contribution < -0.4 is 72.0 Å². The summed E-state index contributed by atoms with van der Waals surface area (Å²) < 4.78 is 0. The molecule has 1 aromatic rings. The second-order valence-corrected chi connectivity index (χ2v) is 17.2. The number of nitrogens with zero attached hydrogens (tertiary/aromatic N) is 4. The molecule has 0 bridgehead atoms. The fourth-order valence-corrected chi connectivity index (χ4v) is 7.32. The number of carboxylic acids is 1. The van der Waals surface area contributed by atoms with Crippen LogP contribution in [0.1, 0.15) is 84.1 Å². The Balaban J connectivity index is 2.36. The molecule has 22 N–H and O–H groups in total. The predicted octanol–water partition coefficient (Wildman–Crippen LogP) is -5.24. The molecule has 27 nitrogen and oxygen atoms in total. The topological polar surface area (TPSA) is 472 Å². The number of benzene rings is 1. The Morgan fingerprint density at radius 2 is 1.07 bits per heavy atom. The summed E-state index contributed by atoms with van der Waals surface area (Å²) in [7, 11) is 0. The zero-order valence-corrected chi connectivity index (χ0v) is 40.7. The Hall–Kier alpha value is -7.29. The fraction of sp³-hybridized carbons (Fsp3) is 0.614. The van der Waals surface area contributed by atoms with Crippen LogP contribution in [0.5, 0.6) is 0 Å². The van der Waals surface area contributed by atoms with Crippen molar-refractivity contribution in [1.29, 1.82) is 0 Å². The van der Waals surface area contributed by atoms with Crippen molar-refractivity contribution in [2.45, 2.75) is 133 Å². The third kappa shape index (κ3) is 21.5. The van der Waals surface area contributed by atoms with E-state index in [4.69, 9.17) is 40.1 Å². The number of aliphatic carboxylic acids is 1. The number of hydrogen-bond donors (Lipinski definition) is 15. The van der Waals surface area contributed by atoms with Crippen molar-refractivity contribution < 1.29 is 48.6 Å². The molecule has 1 saturated heterocycles. The van der Waals surface area contributed by atoms with Crippen molar-refractivity contribution in [2.24, 2.45) is 61.0 Å². The molecule has 9 atom stereocenters. The molecule has 0 unspecified atom stereocenters. The zero-order chi connectivity index (χ0) is 53.2. The number of guanidine groups is 3. The van der Waals surface area contributed by atoms with Crippen LogP contribution in [0.15, 0.2) is 45.3 Å². The smallest absolute Gasteiger partial charge is 0.326 e. The van der Waals surface area contributed by atoms with Crippen LogP contribution in [0.25, 0.3) is 0 Å². The standard InChI is InChI=1S/C44H75N17O10/c1-4-24(2)33(45)39(68)57-28(15-9-19-53-43(48)49)35(64)59-30(22-26-12-6-5-7-13-26)37(66)56-27(14-8-18-52-42(46)47)36(65)60-31(23-62)38(67)55-25(3)34(63)58-29(16-10-20-54-44(50)51)40(69)61-21-11-17-32(61)41(70)71/h5-7,12-13,24-25,27-33,62H,4,8-11,14-23,45H2,1-3H3,(H,55,67)(H,56,66)(H,57,68)(H,58,63)(H,59,64)(H,60,65)(H,70,71)(H4,46,47,52)(H4,48,49,53)(H4,50,51,54)/t24-,25-,27-,28-,29-,30-,31-,32-,33-/m0/s1. The molecule has 1 fully saturated rings. The number of aliphatic hydroxyl groups excluding tert-OH is 1. The molecule has 71 heavy (non-hydrogen) atoms. The number of amides is 7. The van der Waals surface area contributed by atoms with Crippen LogP contribution >= 0.6 is 0 Å². The average Bonchev–Trinajstić information content (AvgIpc) is 3.83. The zero-order valence-electron chi connectivity index (χ0n) is 40.7. The second-order valence-electron chi connectivity index (χ2n) is 17.2. The molecule has 1 aromatic carbocycles. The number of aliphatic hydroxyl groups is 1. The first kappa shape index (κ1) is 59.8. The normalized spacial score (nSPS) is 16.4. The third-order valence-corrected chi connectivity index (χ3v) is 11.6. The minimum Gasteiger partial charge on any atom is -0.480 e. The summed E-state index contributed by atoms with van der Waals surface area (Å²) in [6.07, 6.45) is 1.70. The number of rotatable bonds is 31. The molecule has 0 radical (unpaired) electrons. The molecular weight excluding hydrogens is 927 g/mol. The van der Waals surface area contributed by atoms with Crippen LogP contribution in [0, 0.1) is 5.92 Å². The van der Waals surface area contributed by atoms with E-state index in [9.17, 15) is 48.6 Å². The average molecular weight is 1000 g/mol. The van der Waals surface area contributed by atoms with Gasteiger partial charge in [-0.3, -0.25) is 48.5 Å². The quantitative estimate of drug-likeness (QED) is 0.0188. The highest BCUT2D eigenvalue weighted by Crippen LogP contribution is 2.20. The van der Waals surface area contributed by atoms with Gasteiger partial charge in [0.2, 0.25) is 41.4 Å². The lowest BCUT2D eigenvalue weighted by molar-refractivity contribution is -0.149. The molecule has 27 heteroatoms. The van der Waals surface area contributed by atoms with E-state index < -0.39 is 102 Å². The van der Waals surface area contributed by atoms with E-state index in [0.29, 0.717) is 18.4 Å². The van der Waals surface area contributed by atoms with E-state index in [1.165, 1.54) is 11.8 Å². The number of aliphatic imine (C=N–C) groups is 3. The Morgan fingerprint density at radius 3 is 1.55 bits per heavy atom. The van der Waals surface area contributed by atoms with Gasteiger partial charge in [-0.2, -0.15) is 0 Å². The molecule has 1 aliphatic rings. The van der Waals surface area contributed by atoms with E-state index in [1.54, 1.807) is 37.3 Å². The summed E-state index contributed by atoms with van der Waals surface area (Å²) in [5.74, 6) is -7.68. The molecule has 0 spiro atoms. The summed E-state index contributed by atoms with van der Waals surface area (Å²) in [4.78, 5) is 121. The summed E-state index contributed by atoms with van der Waals surface area (Å²) in [5, 5.41) is 35.4. The highest BCUT2D eigenvalue weighted by molar-refractivity contribution is 5.97. The molecule has 7 amide bonds. The van der Waals surface area contributed by atoms with E-state index in [1.807, 2.05) is 6.92 Å². The number of carbonyl (C=O) groups excluding carboxylic acids is 7. The van der Waals surface area contributed by atoms with Gasteiger partial charge >= 0.3 is 5.97 Å². The van der Waals surface area contributed by atoms with Crippen molar-refractivity contribution in [3.8, 4) is 0 Å². The van der Waals surface area contributed by atoms with Crippen LogP contribution in [-0.2, 0) is 44.8 Å². The van der Waals surface area contributed by atoms with Gasteiger partial charge in [-0.25, -0.2) is 4.79 Å². The summed E-state index contributed by atoms with van der Waals surface area (Å²) in [6.45, 7) is 4.36. The Morgan fingerprint density at radius 1 is 0.634 bits per heavy atom. The Labute approximate surface area is 412 Å². The van der Waals surface area contributed by atoms with Gasteiger partial charge in [-0.1, -0.05) is 50.6 Å². The van der Waals surface area contributed by atoms with Gasteiger partial charge in [0.05, 0.1) is 12.6 Å². The van der Waals surface area contributed by atoms with Crippen LogP contribution in [0.2, 0.25) is 0 Å². The van der Waals surface area contributed by atoms with Gasteiger partial charge in [0.1, 0.15) is 42.3 Å². The molecule has 0 saturated carbocycles. The largest absolute Gasteiger partial charge is 0.480 e. The van der Waals surface area contributed by atoms with Gasteiger partial charge in [-0.15, -0.1) is 0 Å². The van der Waals surface area contributed by atoms with Crippen LogP contribution in [0.4, 0.5) is 0 Å². The Bertz CT molecular complexity index is 2030. The van der Waals surface area contributed by atoms with E-state index >= 15 is 0 Å². The molecule has 1 heterocycles. The van der Waals surface area contributed by atoms with Crippen molar-refractivity contribution in [1.82, 2.24) is 36.8 Å². The number of carbonyl (C=O) groups is 8. The van der Waals surface area contributed by atoms with Gasteiger partial charge in [0.25, 0.3) is 0 Å². The van der Waals surface area contributed by atoms with E-state index in [-0.39, 0.29) is 101 Å². The molecule has 0 aromatic heterocycles. The number of likely N-dealkylation sites (tertiary alicyclic amines) is 1. The molecule has 2 rings (SSSR count). The lowest BCUT2D eigenvalue weighted by atomic mass is 9.98. The summed E-state index contributed by atoms with van der Waals surface area (Å²) in [6, 6.07) is -1.66. The SMILES string of the molecule is CC[C@H](C)[C@H](N)C(=O)N[C@@H](CCCN=C(N)N)C(=O)N[C@@H](Cc1ccccc1)C(=O)N[C@@H](CCCN=C(N)N)C(=O)N[C@@H](CO)C(=O)N[C@@H](C)C(=O)N[C@@H](CCCN=C(N)N)C(=O)N1CCC[C@H]1C(=O)O. The van der Waals surface area contributed by atoms with Gasteiger partial charge in [-0.05, 0) is 69.8 Å². The Kier molecular flexibility index (Phi) is 26.2. The highest BCUT2D eigenvalue weighted by atomic mass is 16.4. The van der Waals surface area contributed by atoms with E-state index in [0.717, 1.165) is 0 Å². The summed E-state index contributed by atoms with van der Waals surface area (Å²) in [5.41, 5.74) is 39.5. The lowest BCUT2D eigenvalue weighted by Crippen LogP contribution is -2.60. The minimum absolute atomic E-state index is 0.0112. The number of hydrogen-bond acceptors (Lipinski definition) is 13. The maximum absolute atomic E-state index is 14.3. The highest BCUT2D eigenvalue weighted by Gasteiger charge is 2.38. The first-order chi connectivity index (χ1) is 33.6.